The van der Waals surface area contributed by atoms with Gasteiger partial charge >= 0.3 is 0 Å². The Labute approximate surface area is 200 Å². The second kappa shape index (κ2) is 9.34. The molecule has 1 fully saturated rings. The van der Waals surface area contributed by atoms with Crippen molar-refractivity contribution in [1.29, 1.82) is 0 Å². The lowest BCUT2D eigenvalue weighted by molar-refractivity contribution is 0.102. The number of pyridine rings is 1. The van der Waals surface area contributed by atoms with Crippen molar-refractivity contribution in [2.24, 2.45) is 7.05 Å². The number of rotatable bonds is 7. The molecule has 0 aliphatic carbocycles. The number of hydrogen-bond acceptors (Lipinski definition) is 6. The molecule has 0 unspecified atom stereocenters. The number of aromatic nitrogens is 3. The minimum Gasteiger partial charge on any atom is -0.492 e. The van der Waals surface area contributed by atoms with Gasteiger partial charge in [-0.2, -0.15) is 9.40 Å². The highest BCUT2D eigenvalue weighted by Gasteiger charge is 2.30. The van der Waals surface area contributed by atoms with Crippen LogP contribution < -0.4 is 10.1 Å². The molecule has 3 heterocycles. The number of aryl methyl sites for hydroxylation is 2. The maximum absolute atomic E-state index is 13.4. The van der Waals surface area contributed by atoms with Crippen LogP contribution in [0.1, 0.15) is 61.3 Å². The maximum atomic E-state index is 13.4. The van der Waals surface area contributed by atoms with Gasteiger partial charge in [0.05, 0.1) is 23.3 Å². The van der Waals surface area contributed by atoms with Gasteiger partial charge in [-0.15, -0.1) is 0 Å². The Kier molecular flexibility index (Phi) is 6.64. The van der Waals surface area contributed by atoms with Crippen LogP contribution in [0, 0.1) is 6.92 Å². The average molecular weight is 486 g/mol. The van der Waals surface area contributed by atoms with E-state index in [2.05, 4.69) is 15.4 Å². The number of ether oxygens (including phenoxy) is 1. The number of benzene rings is 1. The highest BCUT2D eigenvalue weighted by Crippen LogP contribution is 2.32. The molecule has 2 aromatic heterocycles. The number of anilines is 1. The van der Waals surface area contributed by atoms with Crippen LogP contribution in [0.2, 0.25) is 0 Å². The third kappa shape index (κ3) is 4.39. The molecule has 1 N–H and O–H groups in total. The molecule has 182 valence electrons. The molecule has 4 rings (SSSR count). The zero-order valence-corrected chi connectivity index (χ0v) is 21.1. The number of sulfonamides is 1. The van der Waals surface area contributed by atoms with Crippen LogP contribution in [0.25, 0.3) is 11.0 Å². The van der Waals surface area contributed by atoms with Crippen molar-refractivity contribution in [3.05, 3.63) is 41.2 Å². The van der Waals surface area contributed by atoms with Gasteiger partial charge in [0.25, 0.3) is 5.91 Å². The maximum Gasteiger partial charge on any atom is 0.256 e. The highest BCUT2D eigenvalue weighted by molar-refractivity contribution is 7.89. The first kappa shape index (κ1) is 24.2. The third-order valence-corrected chi connectivity index (χ3v) is 7.93. The molecule has 0 saturated carbocycles. The number of carbonyl (C=O) groups is 1. The lowest BCUT2D eigenvalue weighted by Gasteiger charge is -2.19. The SMILES string of the molecule is CCOc1ccc(NC(=O)c2cc(C(C)C)nc3c2c(C)nn3C)cc1S(=O)(=O)N1CCCC1. The highest BCUT2D eigenvalue weighted by atomic mass is 32.2. The van der Waals surface area contributed by atoms with E-state index in [1.54, 1.807) is 36.9 Å². The summed E-state index contributed by atoms with van der Waals surface area (Å²) in [7, 11) is -1.94. The van der Waals surface area contributed by atoms with Gasteiger partial charge in [0.1, 0.15) is 10.6 Å². The first-order chi connectivity index (χ1) is 16.1. The largest absolute Gasteiger partial charge is 0.492 e. The molecule has 34 heavy (non-hydrogen) atoms. The Bertz CT molecular complexity index is 1340. The number of fused-ring (bicyclic) bond motifs is 1. The summed E-state index contributed by atoms with van der Waals surface area (Å²) in [5.74, 6) is 0.0526. The molecule has 9 nitrogen and oxygen atoms in total. The zero-order chi connectivity index (χ0) is 24.6. The van der Waals surface area contributed by atoms with Crippen LogP contribution in [-0.4, -0.2) is 53.1 Å². The number of hydrogen-bond donors (Lipinski definition) is 1. The van der Waals surface area contributed by atoms with E-state index in [1.807, 2.05) is 20.8 Å². The van der Waals surface area contributed by atoms with Crippen molar-refractivity contribution in [1.82, 2.24) is 19.1 Å². The van der Waals surface area contributed by atoms with Crippen molar-refractivity contribution in [2.45, 2.75) is 51.3 Å². The van der Waals surface area contributed by atoms with Crippen molar-refractivity contribution in [3.63, 3.8) is 0 Å². The van der Waals surface area contributed by atoms with Crippen LogP contribution in [0.4, 0.5) is 5.69 Å². The van der Waals surface area contributed by atoms with Crippen molar-refractivity contribution in [2.75, 3.05) is 25.0 Å². The van der Waals surface area contributed by atoms with E-state index < -0.39 is 10.0 Å². The minimum absolute atomic E-state index is 0.0642. The molecule has 0 bridgehead atoms. The van der Waals surface area contributed by atoms with Gasteiger partial charge < -0.3 is 10.1 Å². The molecule has 10 heteroatoms. The zero-order valence-electron chi connectivity index (χ0n) is 20.3. The van der Waals surface area contributed by atoms with E-state index in [-0.39, 0.29) is 22.5 Å². The summed E-state index contributed by atoms with van der Waals surface area (Å²) in [6.45, 7) is 8.98. The van der Waals surface area contributed by atoms with Gasteiger partial charge in [0.15, 0.2) is 5.65 Å². The van der Waals surface area contributed by atoms with Gasteiger partial charge in [-0.1, -0.05) is 13.8 Å². The molecule has 0 radical (unpaired) electrons. The summed E-state index contributed by atoms with van der Waals surface area (Å²) in [6, 6.07) is 6.52. The predicted octanol–water partition coefficient (Wildman–Crippen LogP) is 3.84. The van der Waals surface area contributed by atoms with Crippen molar-refractivity contribution in [3.8, 4) is 5.75 Å². The van der Waals surface area contributed by atoms with Gasteiger partial charge in [-0.25, -0.2) is 13.4 Å². The average Bonchev–Trinajstić information content (AvgIpc) is 3.43. The van der Waals surface area contributed by atoms with E-state index in [0.717, 1.165) is 18.5 Å². The topological polar surface area (TPSA) is 106 Å². The molecular formula is C24H31N5O4S. The molecule has 1 amide bonds. The van der Waals surface area contributed by atoms with E-state index in [1.165, 1.54) is 10.4 Å². The fraction of sp³-hybridized carbons (Fsp3) is 0.458. The van der Waals surface area contributed by atoms with Gasteiger partial charge in [-0.3, -0.25) is 9.48 Å². The monoisotopic (exact) mass is 485 g/mol. The van der Waals surface area contributed by atoms with Crippen LogP contribution in [-0.2, 0) is 17.1 Å². The fourth-order valence-electron chi connectivity index (χ4n) is 4.27. The van der Waals surface area contributed by atoms with E-state index in [9.17, 15) is 13.2 Å². The summed E-state index contributed by atoms with van der Waals surface area (Å²) >= 11 is 0. The Hall–Kier alpha value is -2.98. The molecular weight excluding hydrogens is 454 g/mol. The standard InChI is InChI=1S/C24H31N5O4S/c1-6-33-20-10-9-17(13-21(20)34(31,32)29-11-7-8-12-29)25-24(30)18-14-19(15(2)3)26-23-22(18)16(4)27-28(23)5/h9-10,13-15H,6-8,11-12H2,1-5H3,(H,25,30). The predicted molar refractivity (Wildman–Crippen MR) is 131 cm³/mol. The Morgan fingerprint density at radius 3 is 2.56 bits per heavy atom. The first-order valence-corrected chi connectivity index (χ1v) is 13.0. The van der Waals surface area contributed by atoms with E-state index in [4.69, 9.17) is 4.74 Å². The molecule has 3 aromatic rings. The van der Waals surface area contributed by atoms with Gasteiger partial charge in [0.2, 0.25) is 10.0 Å². The molecule has 1 saturated heterocycles. The Morgan fingerprint density at radius 2 is 1.91 bits per heavy atom. The normalized spacial score (nSPS) is 14.8. The van der Waals surface area contributed by atoms with Crippen molar-refractivity contribution >= 4 is 32.7 Å². The first-order valence-electron chi connectivity index (χ1n) is 11.6. The van der Waals surface area contributed by atoms with Gasteiger partial charge in [-0.05, 0) is 56.9 Å². The fourth-order valence-corrected chi connectivity index (χ4v) is 5.94. The second-order valence-electron chi connectivity index (χ2n) is 8.82. The van der Waals surface area contributed by atoms with Crippen LogP contribution in [0.3, 0.4) is 0 Å². The summed E-state index contributed by atoms with van der Waals surface area (Å²) in [6.07, 6.45) is 1.67. The van der Waals surface area contributed by atoms with E-state index in [0.29, 0.717) is 47.7 Å². The van der Waals surface area contributed by atoms with Gasteiger partial charge in [0, 0.05) is 31.5 Å². The smallest absolute Gasteiger partial charge is 0.256 e. The second-order valence-corrected chi connectivity index (χ2v) is 10.7. The quantitative estimate of drug-likeness (QED) is 0.545. The number of amides is 1. The molecule has 1 aliphatic rings. The minimum atomic E-state index is -3.74. The third-order valence-electron chi connectivity index (χ3n) is 6.01. The number of carbonyl (C=O) groups excluding carboxylic acids is 1. The number of nitrogens with one attached hydrogen (secondary N) is 1. The van der Waals surface area contributed by atoms with E-state index >= 15 is 0 Å². The van der Waals surface area contributed by atoms with Crippen LogP contribution in [0.15, 0.2) is 29.2 Å². The summed E-state index contributed by atoms with van der Waals surface area (Å²) < 4.78 is 35.3. The lowest BCUT2D eigenvalue weighted by Crippen LogP contribution is -2.28. The lowest BCUT2D eigenvalue weighted by atomic mass is 10.0. The molecule has 1 aromatic carbocycles. The molecule has 1 aliphatic heterocycles. The van der Waals surface area contributed by atoms with Crippen LogP contribution >= 0.6 is 0 Å². The van der Waals surface area contributed by atoms with Crippen LogP contribution in [0.5, 0.6) is 5.75 Å². The molecule has 0 atom stereocenters. The summed E-state index contributed by atoms with van der Waals surface area (Å²) in [5.41, 5.74) is 2.96. The summed E-state index contributed by atoms with van der Waals surface area (Å²) in [5, 5.41) is 8.00. The Balaban J connectivity index is 1.75. The Morgan fingerprint density at radius 1 is 1.21 bits per heavy atom. The number of nitrogens with zero attached hydrogens (tertiary/aromatic N) is 4. The molecule has 0 spiro atoms. The summed E-state index contributed by atoms with van der Waals surface area (Å²) in [4.78, 5) is 18.2. The van der Waals surface area contributed by atoms with Crippen molar-refractivity contribution < 1.29 is 17.9 Å².